The van der Waals surface area contributed by atoms with Crippen LogP contribution in [0.1, 0.15) is 25.0 Å². The molecule has 13 nitrogen and oxygen atoms in total. The van der Waals surface area contributed by atoms with Crippen LogP contribution in [0.25, 0.3) is 0 Å². The largest absolute Gasteiger partial charge is 0.445 e. The van der Waals surface area contributed by atoms with Crippen molar-refractivity contribution in [1.29, 1.82) is 0 Å². The molecule has 0 aliphatic carbocycles. The Morgan fingerprint density at radius 1 is 1.20 bits per heavy atom. The van der Waals surface area contributed by atoms with Crippen molar-refractivity contribution < 1.29 is 32.5 Å². The summed E-state index contributed by atoms with van der Waals surface area (Å²) in [5, 5.41) is 7.52. The highest BCUT2D eigenvalue weighted by Crippen LogP contribution is 2.18. The maximum absolute atomic E-state index is 12.3. The molecule has 0 aromatic heterocycles. The SMILES string of the molecule is CC(C)C(NC=O)C(=O)NCC(=O)Nc1ccc(COC(N)=O)c(COC/C(=C/NSF)NN)c1. The number of primary amides is 1. The Hall–Kier alpha value is -3.56. The molecule has 0 aliphatic rings. The number of ether oxygens (including phenoxy) is 2. The first kappa shape index (κ1) is 29.5. The van der Waals surface area contributed by atoms with Crippen LogP contribution in [-0.4, -0.2) is 43.5 Å². The minimum Gasteiger partial charge on any atom is -0.445 e. The molecule has 194 valence electrons. The summed E-state index contributed by atoms with van der Waals surface area (Å²) in [6, 6.07) is 4.01. The molecule has 1 aromatic carbocycles. The Kier molecular flexibility index (Phi) is 13.6. The summed E-state index contributed by atoms with van der Waals surface area (Å²) in [6.45, 7) is 3.08. The zero-order chi connectivity index (χ0) is 26.2. The maximum atomic E-state index is 12.3. The third kappa shape index (κ3) is 11.4. The fraction of sp³-hybridized carbons (Fsp3) is 0.400. The predicted molar refractivity (Wildman–Crippen MR) is 127 cm³/mol. The van der Waals surface area contributed by atoms with E-state index in [4.69, 9.17) is 21.1 Å². The van der Waals surface area contributed by atoms with Gasteiger partial charge in [0.15, 0.2) is 12.3 Å². The van der Waals surface area contributed by atoms with Crippen LogP contribution < -0.4 is 37.7 Å². The third-order valence-electron chi connectivity index (χ3n) is 4.46. The first-order valence-corrected chi connectivity index (χ1v) is 11.0. The monoisotopic (exact) mass is 515 g/mol. The molecule has 0 spiro atoms. The molecule has 0 fully saturated rings. The quantitative estimate of drug-likeness (QED) is 0.0683. The van der Waals surface area contributed by atoms with Crippen molar-refractivity contribution in [3.8, 4) is 0 Å². The van der Waals surface area contributed by atoms with Crippen LogP contribution in [0.2, 0.25) is 0 Å². The van der Waals surface area contributed by atoms with Gasteiger partial charge < -0.3 is 41.3 Å². The van der Waals surface area contributed by atoms with Gasteiger partial charge >= 0.3 is 6.09 Å². The molecule has 0 heterocycles. The molecule has 1 atom stereocenters. The van der Waals surface area contributed by atoms with Gasteiger partial charge in [-0.2, -0.15) is 0 Å². The van der Waals surface area contributed by atoms with Gasteiger partial charge in [0.25, 0.3) is 0 Å². The van der Waals surface area contributed by atoms with E-state index in [0.717, 1.165) is 0 Å². The topological polar surface area (TPSA) is 199 Å². The summed E-state index contributed by atoms with van der Waals surface area (Å²) in [7, 11) is 0. The highest BCUT2D eigenvalue weighted by molar-refractivity contribution is 7.92. The lowest BCUT2D eigenvalue weighted by Gasteiger charge is -2.19. The second kappa shape index (κ2) is 16.1. The Morgan fingerprint density at radius 3 is 2.54 bits per heavy atom. The van der Waals surface area contributed by atoms with Crippen molar-refractivity contribution in [2.45, 2.75) is 33.1 Å². The molecule has 0 aliphatic heterocycles. The molecule has 0 radical (unpaired) electrons. The number of nitrogens with one attached hydrogen (secondary N) is 5. The first-order chi connectivity index (χ1) is 16.7. The lowest BCUT2D eigenvalue weighted by Crippen LogP contribution is -2.48. The number of hydrazine groups is 1. The van der Waals surface area contributed by atoms with Crippen LogP contribution in [0, 0.1) is 5.92 Å². The minimum absolute atomic E-state index is 0.00532. The number of nitrogens with two attached hydrogens (primary N) is 2. The van der Waals surface area contributed by atoms with Gasteiger partial charge in [-0.15, -0.1) is 3.89 Å². The highest BCUT2D eigenvalue weighted by Gasteiger charge is 2.21. The first-order valence-electron chi connectivity index (χ1n) is 10.3. The molecule has 1 unspecified atom stereocenters. The van der Waals surface area contributed by atoms with E-state index in [1.54, 1.807) is 32.0 Å². The van der Waals surface area contributed by atoms with Gasteiger partial charge in [-0.05, 0) is 29.2 Å². The number of benzene rings is 1. The molecule has 35 heavy (non-hydrogen) atoms. The molecule has 0 saturated heterocycles. The standard InChI is InChI=1S/C20H30FN7O6S/c1-12(2)18(25-11-29)19(31)24-7-17(30)27-15-4-3-13(9-34-20(22)32)14(5-15)8-33-10-16(28-23)6-26-35-21/h3-6,11-12,18,26,28H,7-10,23H2,1-2H3,(H2,22,32)(H,24,31)(H,25,29)(H,27,30)/b16-6-. The van der Waals surface area contributed by atoms with Gasteiger partial charge in [0, 0.05) is 11.9 Å². The molecular weight excluding hydrogens is 485 g/mol. The van der Waals surface area contributed by atoms with E-state index in [2.05, 4.69) is 26.1 Å². The third-order valence-corrected chi connectivity index (χ3v) is 4.67. The highest BCUT2D eigenvalue weighted by atomic mass is 32.2. The van der Waals surface area contributed by atoms with Gasteiger partial charge in [0.1, 0.15) is 12.6 Å². The van der Waals surface area contributed by atoms with E-state index in [-0.39, 0.29) is 44.6 Å². The second-order valence-corrected chi connectivity index (χ2v) is 7.76. The minimum atomic E-state index is -0.957. The van der Waals surface area contributed by atoms with Crippen LogP contribution in [-0.2, 0) is 37.1 Å². The van der Waals surface area contributed by atoms with Gasteiger partial charge in [-0.25, -0.2) is 4.79 Å². The smallest absolute Gasteiger partial charge is 0.404 e. The van der Waals surface area contributed by atoms with E-state index in [1.165, 1.54) is 6.20 Å². The predicted octanol–water partition coefficient (Wildman–Crippen LogP) is 0.0508. The summed E-state index contributed by atoms with van der Waals surface area (Å²) >= 11 is -0.118. The van der Waals surface area contributed by atoms with Gasteiger partial charge in [0.05, 0.1) is 25.5 Å². The maximum Gasteiger partial charge on any atom is 0.404 e. The van der Waals surface area contributed by atoms with Gasteiger partial charge in [-0.1, -0.05) is 19.9 Å². The molecule has 0 bridgehead atoms. The molecule has 4 amide bonds. The number of halogens is 1. The van der Waals surface area contributed by atoms with Crippen LogP contribution in [0.4, 0.5) is 14.4 Å². The molecular formula is C20H30FN7O6S. The molecule has 1 aromatic rings. The van der Waals surface area contributed by atoms with Crippen molar-refractivity contribution in [3.63, 3.8) is 0 Å². The fourth-order valence-electron chi connectivity index (χ4n) is 2.74. The van der Waals surface area contributed by atoms with Gasteiger partial charge in [0.2, 0.25) is 18.2 Å². The number of carbonyl (C=O) groups is 4. The van der Waals surface area contributed by atoms with Gasteiger partial charge in [-0.3, -0.25) is 20.2 Å². The molecule has 15 heteroatoms. The van der Waals surface area contributed by atoms with Crippen LogP contribution in [0.3, 0.4) is 0 Å². The van der Waals surface area contributed by atoms with Crippen molar-refractivity contribution in [2.75, 3.05) is 18.5 Å². The second-order valence-electron chi connectivity index (χ2n) is 7.37. The summed E-state index contributed by atoms with van der Waals surface area (Å²) in [6.07, 6.45) is 0.749. The summed E-state index contributed by atoms with van der Waals surface area (Å²) in [5.74, 6) is 4.18. The zero-order valence-electron chi connectivity index (χ0n) is 19.3. The Morgan fingerprint density at radius 2 is 1.94 bits per heavy atom. The average molecular weight is 516 g/mol. The Balaban J connectivity index is 2.83. The summed E-state index contributed by atoms with van der Waals surface area (Å²) in [5.41, 5.74) is 9.26. The van der Waals surface area contributed by atoms with E-state index in [9.17, 15) is 23.1 Å². The number of hydrogen-bond donors (Lipinski definition) is 7. The van der Waals surface area contributed by atoms with E-state index < -0.39 is 23.9 Å². The van der Waals surface area contributed by atoms with Crippen LogP contribution in [0.15, 0.2) is 30.1 Å². The molecule has 0 saturated carbocycles. The number of anilines is 1. The Bertz CT molecular complexity index is 903. The van der Waals surface area contributed by atoms with Crippen molar-refractivity contribution in [1.82, 2.24) is 20.8 Å². The molecule has 9 N–H and O–H groups in total. The Labute approximate surface area is 206 Å². The lowest BCUT2D eigenvalue weighted by molar-refractivity contribution is -0.128. The normalized spacial score (nSPS) is 11.9. The number of carbonyl (C=O) groups excluding carboxylic acids is 4. The number of hydrogen-bond acceptors (Lipinski definition) is 10. The zero-order valence-corrected chi connectivity index (χ0v) is 20.1. The van der Waals surface area contributed by atoms with E-state index >= 15 is 0 Å². The van der Waals surface area contributed by atoms with Crippen molar-refractivity contribution in [2.24, 2.45) is 17.5 Å². The van der Waals surface area contributed by atoms with Crippen LogP contribution >= 0.6 is 12.3 Å². The average Bonchev–Trinajstić information content (AvgIpc) is 2.82. The van der Waals surface area contributed by atoms with Crippen LogP contribution in [0.5, 0.6) is 0 Å². The van der Waals surface area contributed by atoms with Crippen molar-refractivity contribution >= 4 is 42.3 Å². The van der Waals surface area contributed by atoms with E-state index in [0.29, 0.717) is 28.9 Å². The number of rotatable bonds is 16. The fourth-order valence-corrected chi connectivity index (χ4v) is 2.93. The lowest BCUT2D eigenvalue weighted by atomic mass is 10.0. The van der Waals surface area contributed by atoms with E-state index in [1.807, 2.05) is 0 Å². The summed E-state index contributed by atoms with van der Waals surface area (Å²) in [4.78, 5) is 46.2. The van der Waals surface area contributed by atoms with Crippen molar-refractivity contribution in [3.05, 3.63) is 41.2 Å². The number of amides is 4. The molecule has 1 rings (SSSR count). The summed E-state index contributed by atoms with van der Waals surface area (Å²) < 4.78 is 24.8.